The number of nitrogens with zero attached hydrogens (tertiary/aromatic N) is 1. The van der Waals surface area contributed by atoms with E-state index in [1.807, 2.05) is 18.2 Å². The number of rotatable bonds is 4. The van der Waals surface area contributed by atoms with Crippen LogP contribution in [0.4, 0.5) is 0 Å². The van der Waals surface area contributed by atoms with Gasteiger partial charge < -0.3 is 10.1 Å². The summed E-state index contributed by atoms with van der Waals surface area (Å²) in [6.45, 7) is 5.47. The van der Waals surface area contributed by atoms with E-state index in [1.54, 1.807) is 11.3 Å². The Balaban J connectivity index is 1.93. The average molecular weight is 316 g/mol. The highest BCUT2D eigenvalue weighted by Crippen LogP contribution is 2.33. The van der Waals surface area contributed by atoms with Crippen molar-refractivity contribution < 1.29 is 9.53 Å². The highest BCUT2D eigenvalue weighted by Gasteiger charge is 2.25. The first-order valence-electron chi connectivity index (χ1n) is 7.50. The summed E-state index contributed by atoms with van der Waals surface area (Å²) >= 11 is 1.77. The molecular formula is C17H20N2O2S. The molecule has 1 fully saturated rings. The molecule has 1 atom stereocenters. The van der Waals surface area contributed by atoms with E-state index < -0.39 is 0 Å². The Kier molecular flexibility index (Phi) is 4.87. The van der Waals surface area contributed by atoms with E-state index in [2.05, 4.69) is 33.8 Å². The fourth-order valence-electron chi connectivity index (χ4n) is 2.86. The van der Waals surface area contributed by atoms with Crippen LogP contribution >= 0.6 is 11.3 Å². The number of hydrogen-bond donors (Lipinski definition) is 1. The van der Waals surface area contributed by atoms with E-state index in [9.17, 15) is 4.79 Å². The minimum atomic E-state index is -0.285. The topological polar surface area (TPSA) is 41.6 Å². The minimum Gasteiger partial charge on any atom is -0.427 e. The number of ether oxygens (including phenoxy) is 1. The normalized spacial score (nSPS) is 17.1. The Hall–Kier alpha value is -1.69. The first-order chi connectivity index (χ1) is 10.7. The lowest BCUT2D eigenvalue weighted by Crippen LogP contribution is -2.45. The third-order valence-corrected chi connectivity index (χ3v) is 4.69. The van der Waals surface area contributed by atoms with Crippen molar-refractivity contribution in [3.8, 4) is 5.75 Å². The van der Waals surface area contributed by atoms with E-state index >= 15 is 0 Å². The van der Waals surface area contributed by atoms with E-state index in [0.717, 1.165) is 26.2 Å². The summed E-state index contributed by atoms with van der Waals surface area (Å²) in [5.41, 5.74) is 1.17. The van der Waals surface area contributed by atoms with Gasteiger partial charge in [-0.3, -0.25) is 9.69 Å². The van der Waals surface area contributed by atoms with Crippen LogP contribution in [0.15, 0.2) is 41.8 Å². The van der Waals surface area contributed by atoms with Gasteiger partial charge in [0.15, 0.2) is 0 Å². The summed E-state index contributed by atoms with van der Waals surface area (Å²) < 4.78 is 5.24. The predicted molar refractivity (Wildman–Crippen MR) is 88.4 cm³/mol. The molecule has 0 saturated carbocycles. The second kappa shape index (κ2) is 7.05. The number of piperazine rings is 1. The second-order valence-electron chi connectivity index (χ2n) is 5.37. The Morgan fingerprint density at radius 2 is 2.09 bits per heavy atom. The summed E-state index contributed by atoms with van der Waals surface area (Å²) in [5.74, 6) is 0.327. The van der Waals surface area contributed by atoms with Crippen LogP contribution in [0.1, 0.15) is 23.4 Å². The maximum absolute atomic E-state index is 11.2. The summed E-state index contributed by atoms with van der Waals surface area (Å²) in [7, 11) is 0. The van der Waals surface area contributed by atoms with Crippen molar-refractivity contribution in [2.45, 2.75) is 13.0 Å². The third kappa shape index (κ3) is 3.55. The SMILES string of the molecule is CC(=O)Oc1cccc([C@H](c2cccs2)N2CCNCC2)c1. The Labute approximate surface area is 134 Å². The van der Waals surface area contributed by atoms with Gasteiger partial charge in [0, 0.05) is 38.0 Å². The van der Waals surface area contributed by atoms with Crippen LogP contribution in [0.5, 0.6) is 5.75 Å². The van der Waals surface area contributed by atoms with Crippen LogP contribution in [0.2, 0.25) is 0 Å². The predicted octanol–water partition coefficient (Wildman–Crippen LogP) is 2.67. The van der Waals surface area contributed by atoms with Crippen LogP contribution in [0.25, 0.3) is 0 Å². The molecule has 22 heavy (non-hydrogen) atoms. The van der Waals surface area contributed by atoms with Crippen molar-refractivity contribution in [3.05, 3.63) is 52.2 Å². The van der Waals surface area contributed by atoms with Crippen molar-refractivity contribution >= 4 is 17.3 Å². The van der Waals surface area contributed by atoms with Gasteiger partial charge in [-0.25, -0.2) is 0 Å². The molecule has 1 aliphatic rings. The first kappa shape index (κ1) is 15.2. The quantitative estimate of drug-likeness (QED) is 0.695. The zero-order chi connectivity index (χ0) is 15.4. The molecule has 1 saturated heterocycles. The molecule has 5 heteroatoms. The molecule has 0 aliphatic carbocycles. The summed E-state index contributed by atoms with van der Waals surface area (Å²) in [6.07, 6.45) is 0. The molecule has 2 heterocycles. The number of esters is 1. The second-order valence-corrected chi connectivity index (χ2v) is 6.35. The fourth-order valence-corrected chi connectivity index (χ4v) is 3.74. The Morgan fingerprint density at radius 3 is 2.77 bits per heavy atom. The van der Waals surface area contributed by atoms with Crippen LogP contribution in [-0.2, 0) is 4.79 Å². The molecule has 1 aromatic heterocycles. The van der Waals surface area contributed by atoms with Gasteiger partial charge in [0.1, 0.15) is 5.75 Å². The van der Waals surface area contributed by atoms with Crippen LogP contribution < -0.4 is 10.1 Å². The zero-order valence-electron chi connectivity index (χ0n) is 12.6. The fraction of sp³-hybridized carbons (Fsp3) is 0.353. The van der Waals surface area contributed by atoms with Crippen molar-refractivity contribution in [1.29, 1.82) is 0 Å². The number of nitrogens with one attached hydrogen (secondary N) is 1. The molecular weight excluding hydrogens is 296 g/mol. The van der Waals surface area contributed by atoms with Gasteiger partial charge in [-0.05, 0) is 29.1 Å². The van der Waals surface area contributed by atoms with Crippen molar-refractivity contribution in [2.24, 2.45) is 0 Å². The Bertz CT molecular complexity index is 621. The standard InChI is InChI=1S/C17H20N2O2S/c1-13(20)21-15-5-2-4-14(12-15)17(16-6-3-11-22-16)19-9-7-18-8-10-19/h2-6,11-12,17-18H,7-10H2,1H3/t17-/m1/s1. The first-order valence-corrected chi connectivity index (χ1v) is 8.38. The number of carbonyl (C=O) groups excluding carboxylic acids is 1. The molecule has 1 aromatic carbocycles. The average Bonchev–Trinajstić information content (AvgIpc) is 3.02. The van der Waals surface area contributed by atoms with Gasteiger partial charge in [0.05, 0.1) is 6.04 Å². The lowest BCUT2D eigenvalue weighted by molar-refractivity contribution is -0.131. The monoisotopic (exact) mass is 316 g/mol. The lowest BCUT2D eigenvalue weighted by Gasteiger charge is -2.34. The smallest absolute Gasteiger partial charge is 0.308 e. The highest BCUT2D eigenvalue weighted by atomic mass is 32.1. The van der Waals surface area contributed by atoms with Crippen molar-refractivity contribution in [2.75, 3.05) is 26.2 Å². The van der Waals surface area contributed by atoms with Crippen LogP contribution in [-0.4, -0.2) is 37.0 Å². The molecule has 0 bridgehead atoms. The maximum atomic E-state index is 11.2. The van der Waals surface area contributed by atoms with Gasteiger partial charge in [-0.1, -0.05) is 18.2 Å². The van der Waals surface area contributed by atoms with E-state index in [-0.39, 0.29) is 12.0 Å². The molecule has 2 aromatic rings. The minimum absolute atomic E-state index is 0.220. The molecule has 0 amide bonds. The largest absolute Gasteiger partial charge is 0.427 e. The molecule has 0 spiro atoms. The third-order valence-electron chi connectivity index (χ3n) is 3.76. The summed E-state index contributed by atoms with van der Waals surface area (Å²) in [5, 5.41) is 5.51. The molecule has 3 rings (SSSR count). The molecule has 116 valence electrons. The summed E-state index contributed by atoms with van der Waals surface area (Å²) in [4.78, 5) is 15.0. The van der Waals surface area contributed by atoms with Crippen molar-refractivity contribution in [1.82, 2.24) is 10.2 Å². The Morgan fingerprint density at radius 1 is 1.27 bits per heavy atom. The molecule has 1 N–H and O–H groups in total. The molecule has 1 aliphatic heterocycles. The van der Waals surface area contributed by atoms with Gasteiger partial charge >= 0.3 is 5.97 Å². The van der Waals surface area contributed by atoms with E-state index in [4.69, 9.17) is 4.74 Å². The highest BCUT2D eigenvalue weighted by molar-refractivity contribution is 7.10. The van der Waals surface area contributed by atoms with Crippen LogP contribution in [0, 0.1) is 0 Å². The molecule has 4 nitrogen and oxygen atoms in total. The van der Waals surface area contributed by atoms with Gasteiger partial charge in [-0.2, -0.15) is 0 Å². The van der Waals surface area contributed by atoms with Gasteiger partial charge in [0.2, 0.25) is 0 Å². The number of hydrogen-bond acceptors (Lipinski definition) is 5. The number of thiophene rings is 1. The van der Waals surface area contributed by atoms with E-state index in [0.29, 0.717) is 5.75 Å². The molecule has 0 unspecified atom stereocenters. The lowest BCUT2D eigenvalue weighted by atomic mass is 10.0. The number of benzene rings is 1. The van der Waals surface area contributed by atoms with Gasteiger partial charge in [-0.15, -0.1) is 11.3 Å². The summed E-state index contributed by atoms with van der Waals surface area (Å²) in [6, 6.07) is 12.4. The maximum Gasteiger partial charge on any atom is 0.308 e. The zero-order valence-corrected chi connectivity index (χ0v) is 13.4. The molecule has 0 radical (unpaired) electrons. The van der Waals surface area contributed by atoms with Gasteiger partial charge in [0.25, 0.3) is 0 Å². The van der Waals surface area contributed by atoms with Crippen LogP contribution in [0.3, 0.4) is 0 Å². The number of carbonyl (C=O) groups is 1. The van der Waals surface area contributed by atoms with E-state index in [1.165, 1.54) is 17.4 Å². The van der Waals surface area contributed by atoms with Crippen molar-refractivity contribution in [3.63, 3.8) is 0 Å².